The fourth-order valence-corrected chi connectivity index (χ4v) is 1.93. The number of aromatic nitrogens is 1. The van der Waals surface area contributed by atoms with Crippen molar-refractivity contribution in [2.75, 3.05) is 13.6 Å². The third-order valence-corrected chi connectivity index (χ3v) is 2.84. The molecule has 0 bridgehead atoms. The predicted octanol–water partition coefficient (Wildman–Crippen LogP) is 1.33. The average Bonchev–Trinajstić information content (AvgIpc) is 2.27. The first-order valence-electron chi connectivity index (χ1n) is 5.49. The fourth-order valence-electron chi connectivity index (χ4n) is 1.93. The van der Waals surface area contributed by atoms with E-state index >= 15 is 0 Å². The number of hydrogen-bond donors (Lipinski definition) is 1. The summed E-state index contributed by atoms with van der Waals surface area (Å²) in [5.74, 6) is 1.49. The van der Waals surface area contributed by atoms with E-state index in [0.717, 1.165) is 31.1 Å². The maximum absolute atomic E-state index is 8.60. The molecule has 1 N–H and O–H groups in total. The van der Waals surface area contributed by atoms with Crippen LogP contribution < -0.4 is 10.1 Å². The lowest BCUT2D eigenvalue weighted by atomic mass is 9.82. The molecule has 16 heavy (non-hydrogen) atoms. The van der Waals surface area contributed by atoms with Crippen LogP contribution in [0.5, 0.6) is 5.75 Å². The van der Waals surface area contributed by atoms with E-state index in [2.05, 4.69) is 10.3 Å². The van der Waals surface area contributed by atoms with Crippen molar-refractivity contribution in [1.29, 1.82) is 5.26 Å². The topological polar surface area (TPSA) is 57.9 Å². The molecule has 2 rings (SSSR count). The van der Waals surface area contributed by atoms with Gasteiger partial charge in [-0.15, -0.1) is 0 Å². The van der Waals surface area contributed by atoms with Gasteiger partial charge in [-0.2, -0.15) is 5.26 Å². The zero-order valence-corrected chi connectivity index (χ0v) is 9.31. The molecule has 0 radical (unpaired) electrons. The fraction of sp³-hybridized carbons (Fsp3) is 0.500. The van der Waals surface area contributed by atoms with Crippen molar-refractivity contribution in [2.24, 2.45) is 5.92 Å². The summed E-state index contributed by atoms with van der Waals surface area (Å²) in [6.45, 7) is 1.06. The summed E-state index contributed by atoms with van der Waals surface area (Å²) in [5.41, 5.74) is 0.425. The Morgan fingerprint density at radius 3 is 2.94 bits per heavy atom. The second-order valence-electron chi connectivity index (χ2n) is 4.13. The molecule has 1 fully saturated rings. The van der Waals surface area contributed by atoms with Gasteiger partial charge in [0.25, 0.3) is 0 Å². The number of nitrogens with one attached hydrogen (secondary N) is 1. The van der Waals surface area contributed by atoms with E-state index in [0.29, 0.717) is 11.8 Å². The number of hydrogen-bond acceptors (Lipinski definition) is 4. The average molecular weight is 217 g/mol. The van der Waals surface area contributed by atoms with Gasteiger partial charge < -0.3 is 10.1 Å². The van der Waals surface area contributed by atoms with E-state index < -0.39 is 0 Å². The minimum atomic E-state index is 0.313. The Morgan fingerprint density at radius 1 is 1.56 bits per heavy atom. The summed E-state index contributed by atoms with van der Waals surface area (Å²) < 4.78 is 5.73. The van der Waals surface area contributed by atoms with Crippen LogP contribution in [-0.4, -0.2) is 24.7 Å². The van der Waals surface area contributed by atoms with E-state index in [1.807, 2.05) is 13.1 Å². The SMILES string of the molecule is CNCC1CC(Oc2ccc(C#N)nc2)C1. The molecule has 1 aliphatic rings. The highest BCUT2D eigenvalue weighted by molar-refractivity contribution is 5.26. The van der Waals surface area contributed by atoms with Gasteiger partial charge in [-0.3, -0.25) is 0 Å². The van der Waals surface area contributed by atoms with Crippen molar-refractivity contribution >= 4 is 0 Å². The van der Waals surface area contributed by atoms with Crippen molar-refractivity contribution < 1.29 is 4.74 Å². The largest absolute Gasteiger partial charge is 0.489 e. The second-order valence-corrected chi connectivity index (χ2v) is 4.13. The molecule has 0 aliphatic heterocycles. The van der Waals surface area contributed by atoms with Crippen LogP contribution in [0, 0.1) is 17.2 Å². The number of pyridine rings is 1. The van der Waals surface area contributed by atoms with E-state index in [9.17, 15) is 0 Å². The number of nitrogens with zero attached hydrogens (tertiary/aromatic N) is 2. The van der Waals surface area contributed by atoms with Crippen molar-refractivity contribution in [1.82, 2.24) is 10.3 Å². The second kappa shape index (κ2) is 4.95. The van der Waals surface area contributed by atoms with E-state index in [1.165, 1.54) is 0 Å². The molecule has 4 nitrogen and oxygen atoms in total. The maximum atomic E-state index is 8.60. The monoisotopic (exact) mass is 217 g/mol. The van der Waals surface area contributed by atoms with E-state index in [1.54, 1.807) is 18.3 Å². The van der Waals surface area contributed by atoms with Gasteiger partial charge in [0.05, 0.1) is 12.3 Å². The van der Waals surface area contributed by atoms with Crippen LogP contribution in [-0.2, 0) is 0 Å². The lowest BCUT2D eigenvalue weighted by Gasteiger charge is -2.35. The molecule has 84 valence electrons. The lowest BCUT2D eigenvalue weighted by molar-refractivity contribution is 0.0654. The van der Waals surface area contributed by atoms with Crippen molar-refractivity contribution in [3.63, 3.8) is 0 Å². The Bertz CT molecular complexity index is 376. The molecule has 0 atom stereocenters. The predicted molar refractivity (Wildman–Crippen MR) is 60.0 cm³/mol. The zero-order chi connectivity index (χ0) is 11.4. The van der Waals surface area contributed by atoms with Crippen molar-refractivity contribution in [2.45, 2.75) is 18.9 Å². The minimum Gasteiger partial charge on any atom is -0.489 e. The molecule has 1 aromatic rings. The van der Waals surface area contributed by atoms with E-state index in [-0.39, 0.29) is 0 Å². The lowest BCUT2D eigenvalue weighted by Crippen LogP contribution is -2.38. The molecule has 1 aliphatic carbocycles. The standard InChI is InChI=1S/C12H15N3O/c1-14-7-9-4-12(5-9)16-11-3-2-10(6-13)15-8-11/h2-3,8-9,12,14H,4-5,7H2,1H3. The van der Waals surface area contributed by atoms with Gasteiger partial charge in [0.2, 0.25) is 0 Å². The highest BCUT2D eigenvalue weighted by Gasteiger charge is 2.30. The highest BCUT2D eigenvalue weighted by atomic mass is 16.5. The molecule has 1 aromatic heterocycles. The molecule has 0 amide bonds. The van der Waals surface area contributed by atoms with Crippen LogP contribution in [0.1, 0.15) is 18.5 Å². The van der Waals surface area contributed by atoms with Gasteiger partial charge in [0, 0.05) is 0 Å². The highest BCUT2D eigenvalue weighted by Crippen LogP contribution is 2.30. The summed E-state index contributed by atoms with van der Waals surface area (Å²) in [5, 5.41) is 11.8. The Labute approximate surface area is 95.3 Å². The molecule has 0 unspecified atom stereocenters. The molecular formula is C12H15N3O. The van der Waals surface area contributed by atoms with Crippen LogP contribution >= 0.6 is 0 Å². The molecule has 1 saturated carbocycles. The van der Waals surface area contributed by atoms with Gasteiger partial charge in [-0.25, -0.2) is 4.98 Å². The number of nitriles is 1. The first-order valence-corrected chi connectivity index (χ1v) is 5.49. The Balaban J connectivity index is 1.80. The van der Waals surface area contributed by atoms with Crippen LogP contribution in [0.25, 0.3) is 0 Å². The van der Waals surface area contributed by atoms with Gasteiger partial charge in [0.15, 0.2) is 0 Å². The Morgan fingerprint density at radius 2 is 2.38 bits per heavy atom. The third kappa shape index (κ3) is 2.50. The summed E-state index contributed by atoms with van der Waals surface area (Å²) >= 11 is 0. The molecule has 0 spiro atoms. The number of rotatable bonds is 4. The van der Waals surface area contributed by atoms with Crippen molar-refractivity contribution in [3.05, 3.63) is 24.0 Å². The van der Waals surface area contributed by atoms with Crippen LogP contribution in [0.15, 0.2) is 18.3 Å². The van der Waals surface area contributed by atoms with Crippen LogP contribution in [0.2, 0.25) is 0 Å². The molecular weight excluding hydrogens is 202 g/mol. The van der Waals surface area contributed by atoms with Crippen molar-refractivity contribution in [3.8, 4) is 11.8 Å². The number of ether oxygens (including phenoxy) is 1. The maximum Gasteiger partial charge on any atom is 0.140 e. The first kappa shape index (κ1) is 10.9. The Hall–Kier alpha value is -1.60. The zero-order valence-electron chi connectivity index (χ0n) is 9.31. The molecule has 0 saturated heterocycles. The molecule has 0 aromatic carbocycles. The summed E-state index contributed by atoms with van der Waals surface area (Å²) in [6, 6.07) is 5.47. The van der Waals surface area contributed by atoms with Gasteiger partial charge in [0.1, 0.15) is 17.5 Å². The van der Waals surface area contributed by atoms with Gasteiger partial charge in [-0.05, 0) is 44.5 Å². The summed E-state index contributed by atoms with van der Waals surface area (Å²) in [4.78, 5) is 3.97. The van der Waals surface area contributed by atoms with Gasteiger partial charge >= 0.3 is 0 Å². The Kier molecular flexibility index (Phi) is 3.37. The summed E-state index contributed by atoms with van der Waals surface area (Å²) in [6.07, 6.45) is 4.12. The third-order valence-electron chi connectivity index (χ3n) is 2.84. The minimum absolute atomic E-state index is 0.313. The summed E-state index contributed by atoms with van der Waals surface area (Å²) in [7, 11) is 1.97. The smallest absolute Gasteiger partial charge is 0.140 e. The quantitative estimate of drug-likeness (QED) is 0.826. The van der Waals surface area contributed by atoms with Crippen LogP contribution in [0.3, 0.4) is 0 Å². The molecule has 1 heterocycles. The first-order chi connectivity index (χ1) is 7.81. The molecule has 4 heteroatoms. The van der Waals surface area contributed by atoms with Gasteiger partial charge in [-0.1, -0.05) is 0 Å². The normalized spacial score (nSPS) is 23.2. The van der Waals surface area contributed by atoms with E-state index in [4.69, 9.17) is 10.00 Å². The van der Waals surface area contributed by atoms with Crippen LogP contribution in [0.4, 0.5) is 0 Å².